The molecule has 2 N–H and O–H groups in total. The summed E-state index contributed by atoms with van der Waals surface area (Å²) in [5.74, 6) is 0.906. The van der Waals surface area contributed by atoms with Crippen molar-refractivity contribution in [2.24, 2.45) is 0 Å². The number of benzene rings is 1. The fraction of sp³-hybridized carbons (Fsp3) is 0.533. The lowest BCUT2D eigenvalue weighted by Crippen LogP contribution is -2.45. The highest BCUT2D eigenvalue weighted by molar-refractivity contribution is 5.95. The van der Waals surface area contributed by atoms with Gasteiger partial charge in [-0.2, -0.15) is 0 Å². The number of amides is 1. The average Bonchev–Trinajstić information content (AvgIpc) is 2.48. The topological polar surface area (TPSA) is 67.8 Å². The number of hydrogen-bond acceptors (Lipinski definition) is 4. The largest absolute Gasteiger partial charge is 0.493 e. The molecule has 1 aliphatic carbocycles. The van der Waals surface area contributed by atoms with Crippen molar-refractivity contribution in [1.29, 1.82) is 0 Å². The first-order valence-electron chi connectivity index (χ1n) is 6.86. The van der Waals surface area contributed by atoms with Crippen molar-refractivity contribution in [3.8, 4) is 11.5 Å². The minimum absolute atomic E-state index is 0.163. The monoisotopic (exact) mass is 279 g/mol. The van der Waals surface area contributed by atoms with Crippen molar-refractivity contribution < 1.29 is 19.4 Å². The van der Waals surface area contributed by atoms with Gasteiger partial charge in [0.2, 0.25) is 0 Å². The molecule has 1 aromatic carbocycles. The molecule has 1 aromatic rings. The molecule has 0 aromatic heterocycles. The predicted molar refractivity (Wildman–Crippen MR) is 75.3 cm³/mol. The highest BCUT2D eigenvalue weighted by atomic mass is 16.5. The number of rotatable bonds is 4. The normalized spacial score (nSPS) is 22.1. The van der Waals surface area contributed by atoms with Crippen LogP contribution >= 0.6 is 0 Å². The summed E-state index contributed by atoms with van der Waals surface area (Å²) >= 11 is 0. The van der Waals surface area contributed by atoms with E-state index < -0.39 is 6.10 Å². The molecule has 1 fully saturated rings. The molecule has 2 rings (SSSR count). The molecule has 0 heterocycles. The van der Waals surface area contributed by atoms with E-state index in [1.54, 1.807) is 25.3 Å². The van der Waals surface area contributed by atoms with Crippen LogP contribution in [0.2, 0.25) is 0 Å². The van der Waals surface area contributed by atoms with E-state index in [2.05, 4.69) is 5.32 Å². The van der Waals surface area contributed by atoms with Crippen LogP contribution in [0.25, 0.3) is 0 Å². The maximum Gasteiger partial charge on any atom is 0.251 e. The SMILES string of the molecule is COc1ccc(C(=O)NC2CCCCC2O)cc1OC. The minimum atomic E-state index is -0.451. The number of aliphatic hydroxyl groups excluding tert-OH is 1. The Balaban J connectivity index is 2.08. The van der Waals surface area contributed by atoms with Crippen LogP contribution in [0.15, 0.2) is 18.2 Å². The summed E-state index contributed by atoms with van der Waals surface area (Å²) < 4.78 is 10.3. The van der Waals surface area contributed by atoms with Crippen molar-refractivity contribution >= 4 is 5.91 Å². The van der Waals surface area contributed by atoms with Gasteiger partial charge in [0.15, 0.2) is 11.5 Å². The van der Waals surface area contributed by atoms with Gasteiger partial charge in [-0.05, 0) is 31.0 Å². The van der Waals surface area contributed by atoms with Crippen LogP contribution in [0.3, 0.4) is 0 Å². The number of hydrogen-bond donors (Lipinski definition) is 2. The third-order valence-electron chi connectivity index (χ3n) is 3.69. The molecule has 2 atom stereocenters. The van der Waals surface area contributed by atoms with E-state index >= 15 is 0 Å². The lowest BCUT2D eigenvalue weighted by molar-refractivity contribution is 0.0717. The van der Waals surface area contributed by atoms with Crippen LogP contribution in [-0.2, 0) is 0 Å². The van der Waals surface area contributed by atoms with E-state index in [1.165, 1.54) is 7.11 Å². The Morgan fingerprint density at radius 2 is 1.90 bits per heavy atom. The number of carbonyl (C=O) groups is 1. The van der Waals surface area contributed by atoms with Gasteiger partial charge in [0.05, 0.1) is 26.4 Å². The molecule has 0 saturated heterocycles. The highest BCUT2D eigenvalue weighted by Gasteiger charge is 2.25. The Bertz CT molecular complexity index is 475. The second-order valence-corrected chi connectivity index (χ2v) is 5.00. The van der Waals surface area contributed by atoms with Gasteiger partial charge in [-0.15, -0.1) is 0 Å². The second kappa shape index (κ2) is 6.61. The molecule has 0 bridgehead atoms. The number of carbonyl (C=O) groups excluding carboxylic acids is 1. The lowest BCUT2D eigenvalue weighted by Gasteiger charge is -2.28. The van der Waals surface area contributed by atoms with Crippen molar-refractivity contribution in [1.82, 2.24) is 5.32 Å². The molecule has 110 valence electrons. The maximum atomic E-state index is 12.2. The summed E-state index contributed by atoms with van der Waals surface area (Å²) in [5.41, 5.74) is 0.500. The van der Waals surface area contributed by atoms with Gasteiger partial charge < -0.3 is 19.9 Å². The van der Waals surface area contributed by atoms with Crippen LogP contribution in [0.1, 0.15) is 36.0 Å². The van der Waals surface area contributed by atoms with E-state index in [9.17, 15) is 9.90 Å². The molecule has 1 amide bonds. The first kappa shape index (κ1) is 14.7. The molecule has 0 radical (unpaired) electrons. The van der Waals surface area contributed by atoms with Crippen molar-refractivity contribution in [3.05, 3.63) is 23.8 Å². The summed E-state index contributed by atoms with van der Waals surface area (Å²) in [4.78, 5) is 12.2. The Labute approximate surface area is 118 Å². The van der Waals surface area contributed by atoms with Crippen molar-refractivity contribution in [2.45, 2.75) is 37.8 Å². The smallest absolute Gasteiger partial charge is 0.251 e. The zero-order valence-electron chi connectivity index (χ0n) is 11.9. The Morgan fingerprint density at radius 1 is 1.20 bits per heavy atom. The summed E-state index contributed by atoms with van der Waals surface area (Å²) in [6.45, 7) is 0. The average molecular weight is 279 g/mol. The van der Waals surface area contributed by atoms with Crippen LogP contribution in [-0.4, -0.2) is 37.4 Å². The number of methoxy groups -OCH3 is 2. The van der Waals surface area contributed by atoms with Gasteiger partial charge in [0.25, 0.3) is 5.91 Å². The van der Waals surface area contributed by atoms with Gasteiger partial charge in [-0.25, -0.2) is 0 Å². The van der Waals surface area contributed by atoms with E-state index in [-0.39, 0.29) is 11.9 Å². The van der Waals surface area contributed by atoms with Gasteiger partial charge in [-0.1, -0.05) is 12.8 Å². The van der Waals surface area contributed by atoms with E-state index in [0.717, 1.165) is 25.7 Å². The number of nitrogens with one attached hydrogen (secondary N) is 1. The summed E-state index contributed by atoms with van der Waals surface area (Å²) in [7, 11) is 3.08. The number of ether oxygens (including phenoxy) is 2. The fourth-order valence-corrected chi connectivity index (χ4v) is 2.51. The fourth-order valence-electron chi connectivity index (χ4n) is 2.51. The predicted octanol–water partition coefficient (Wildman–Crippen LogP) is 1.74. The highest BCUT2D eigenvalue weighted by Crippen LogP contribution is 2.27. The molecule has 5 nitrogen and oxygen atoms in total. The first-order valence-corrected chi connectivity index (χ1v) is 6.86. The first-order chi connectivity index (χ1) is 9.65. The maximum absolute atomic E-state index is 12.2. The molecule has 0 spiro atoms. The standard InChI is InChI=1S/C15H21NO4/c1-19-13-8-7-10(9-14(13)20-2)15(18)16-11-5-3-4-6-12(11)17/h7-9,11-12,17H,3-6H2,1-2H3,(H,16,18). The van der Waals surface area contributed by atoms with E-state index in [0.29, 0.717) is 17.1 Å². The Hall–Kier alpha value is -1.75. The quantitative estimate of drug-likeness (QED) is 0.881. The van der Waals surface area contributed by atoms with Gasteiger partial charge in [-0.3, -0.25) is 4.79 Å². The summed E-state index contributed by atoms with van der Waals surface area (Å²) in [6, 6.07) is 4.87. The third-order valence-corrected chi connectivity index (χ3v) is 3.69. The molecule has 1 saturated carbocycles. The van der Waals surface area contributed by atoms with Crippen LogP contribution in [0.5, 0.6) is 11.5 Å². The third kappa shape index (κ3) is 3.22. The van der Waals surface area contributed by atoms with Crippen LogP contribution in [0, 0.1) is 0 Å². The zero-order valence-corrected chi connectivity index (χ0v) is 11.9. The molecule has 2 unspecified atom stereocenters. The van der Waals surface area contributed by atoms with Crippen LogP contribution in [0.4, 0.5) is 0 Å². The van der Waals surface area contributed by atoms with Crippen LogP contribution < -0.4 is 14.8 Å². The van der Waals surface area contributed by atoms with E-state index in [1.807, 2.05) is 0 Å². The zero-order chi connectivity index (χ0) is 14.5. The summed E-state index contributed by atoms with van der Waals surface area (Å²) in [5, 5.41) is 12.8. The van der Waals surface area contributed by atoms with Gasteiger partial charge in [0, 0.05) is 5.56 Å². The lowest BCUT2D eigenvalue weighted by atomic mass is 9.92. The Kier molecular flexibility index (Phi) is 4.84. The van der Waals surface area contributed by atoms with E-state index in [4.69, 9.17) is 9.47 Å². The summed E-state index contributed by atoms with van der Waals surface area (Å²) in [6.07, 6.45) is 3.17. The molecule has 0 aliphatic heterocycles. The molecule has 1 aliphatic rings. The Morgan fingerprint density at radius 3 is 2.55 bits per heavy atom. The van der Waals surface area contributed by atoms with Gasteiger partial charge in [0.1, 0.15) is 0 Å². The number of aliphatic hydroxyl groups is 1. The van der Waals surface area contributed by atoms with Crippen molar-refractivity contribution in [3.63, 3.8) is 0 Å². The molecule has 5 heteroatoms. The van der Waals surface area contributed by atoms with Gasteiger partial charge >= 0.3 is 0 Å². The molecule has 20 heavy (non-hydrogen) atoms. The molecular formula is C15H21NO4. The van der Waals surface area contributed by atoms with Crippen molar-refractivity contribution in [2.75, 3.05) is 14.2 Å². The second-order valence-electron chi connectivity index (χ2n) is 5.00. The minimum Gasteiger partial charge on any atom is -0.493 e. The molecular weight excluding hydrogens is 258 g/mol.